The molecule has 0 aliphatic carbocycles. The molecule has 0 aromatic heterocycles. The van der Waals surface area contributed by atoms with Gasteiger partial charge in [0, 0.05) is 31.4 Å². The number of likely N-dealkylation sites (N-methyl/N-ethyl adjacent to an activating group) is 2. The molecule has 0 unspecified atom stereocenters. The minimum absolute atomic E-state index is 0.380. The van der Waals surface area contributed by atoms with Crippen LogP contribution in [0.3, 0.4) is 0 Å². The third kappa shape index (κ3) is 3.74. The Hall–Kier alpha value is 0.180. The third-order valence-electron chi connectivity index (χ3n) is 2.40. The summed E-state index contributed by atoms with van der Waals surface area (Å²) in [7, 11) is 1.21. The number of hydrogen-bond donors (Lipinski definition) is 3. The minimum atomic E-state index is -2.55. The van der Waals surface area contributed by atoms with E-state index in [1.807, 2.05) is 7.05 Å². The quantitative estimate of drug-likeness (QED) is 0.433. The summed E-state index contributed by atoms with van der Waals surface area (Å²) in [6, 6.07) is 0.380. The van der Waals surface area contributed by atoms with Crippen molar-refractivity contribution in [3.63, 3.8) is 0 Å². The standard InChI is InChI=1S/C7H17N3O2S2/c1-9-5-7(13)3-6(9)4-10(2)8-14(11)12/h6-7,13-14H,3-5H2,1-2H3,(H,8,11,12)/t6-,7-/m0/s1. The first kappa shape index (κ1) is 12.3. The molecule has 1 aliphatic heterocycles. The lowest BCUT2D eigenvalue weighted by Crippen LogP contribution is -2.42. The van der Waals surface area contributed by atoms with Crippen LogP contribution < -0.4 is 4.83 Å². The van der Waals surface area contributed by atoms with Gasteiger partial charge in [0.15, 0.2) is 0 Å². The molecule has 0 radical (unpaired) electrons. The molecule has 2 atom stereocenters. The molecule has 1 N–H and O–H groups in total. The van der Waals surface area contributed by atoms with Crippen molar-refractivity contribution in [2.75, 3.05) is 27.2 Å². The second kappa shape index (κ2) is 5.32. The molecule has 0 spiro atoms. The van der Waals surface area contributed by atoms with Crippen molar-refractivity contribution in [2.45, 2.75) is 17.7 Å². The molecule has 1 saturated heterocycles. The van der Waals surface area contributed by atoms with E-state index in [4.69, 9.17) is 0 Å². The summed E-state index contributed by atoms with van der Waals surface area (Å²) in [6.45, 7) is 1.65. The molecular formula is C7H17N3O2S2. The normalized spacial score (nSPS) is 29.2. The highest BCUT2D eigenvalue weighted by Gasteiger charge is 2.27. The minimum Gasteiger partial charge on any atom is -0.301 e. The summed E-state index contributed by atoms with van der Waals surface area (Å²) < 4.78 is 20.8. The maximum atomic E-state index is 10.4. The van der Waals surface area contributed by atoms with Gasteiger partial charge in [-0.25, -0.2) is 13.4 Å². The Bertz CT molecular complexity index is 251. The van der Waals surface area contributed by atoms with Gasteiger partial charge in [0.1, 0.15) is 0 Å². The lowest BCUT2D eigenvalue weighted by atomic mass is 10.2. The van der Waals surface area contributed by atoms with E-state index in [0.29, 0.717) is 17.8 Å². The van der Waals surface area contributed by atoms with Crippen LogP contribution in [0.4, 0.5) is 0 Å². The fourth-order valence-electron chi connectivity index (χ4n) is 1.76. The maximum Gasteiger partial charge on any atom is 0.214 e. The van der Waals surface area contributed by atoms with Crippen LogP contribution in [-0.4, -0.2) is 56.8 Å². The molecule has 1 rings (SSSR count). The number of thiol groups is 2. The Morgan fingerprint density at radius 3 is 2.71 bits per heavy atom. The Morgan fingerprint density at radius 2 is 2.29 bits per heavy atom. The van der Waals surface area contributed by atoms with E-state index in [0.717, 1.165) is 13.0 Å². The fourth-order valence-corrected chi connectivity index (χ4v) is 2.62. The van der Waals surface area contributed by atoms with Crippen molar-refractivity contribution in [3.05, 3.63) is 0 Å². The summed E-state index contributed by atoms with van der Waals surface area (Å²) in [5.41, 5.74) is 0. The van der Waals surface area contributed by atoms with E-state index in [1.165, 1.54) is 0 Å². The van der Waals surface area contributed by atoms with Gasteiger partial charge in [-0.2, -0.15) is 17.5 Å². The van der Waals surface area contributed by atoms with Gasteiger partial charge in [-0.15, -0.1) is 0 Å². The Labute approximate surface area is 91.9 Å². The maximum absolute atomic E-state index is 10.4. The monoisotopic (exact) mass is 239 g/mol. The zero-order chi connectivity index (χ0) is 10.7. The predicted octanol–water partition coefficient (Wildman–Crippen LogP) is -1.05. The van der Waals surface area contributed by atoms with E-state index in [1.54, 1.807) is 12.1 Å². The molecule has 1 fully saturated rings. The molecule has 0 aromatic carbocycles. The van der Waals surface area contributed by atoms with Crippen molar-refractivity contribution in [3.8, 4) is 0 Å². The van der Waals surface area contributed by atoms with E-state index in [9.17, 15) is 8.42 Å². The molecule has 7 heteroatoms. The van der Waals surface area contributed by atoms with Gasteiger partial charge in [-0.05, 0) is 13.5 Å². The largest absolute Gasteiger partial charge is 0.301 e. The predicted molar refractivity (Wildman–Crippen MR) is 59.9 cm³/mol. The van der Waals surface area contributed by atoms with Crippen molar-refractivity contribution >= 4 is 23.5 Å². The van der Waals surface area contributed by atoms with Crippen LogP contribution in [-0.2, 0) is 10.9 Å². The fraction of sp³-hybridized carbons (Fsp3) is 1.00. The van der Waals surface area contributed by atoms with Crippen molar-refractivity contribution in [1.29, 1.82) is 0 Å². The Kier molecular flexibility index (Phi) is 4.65. The van der Waals surface area contributed by atoms with Crippen LogP contribution >= 0.6 is 12.6 Å². The first-order chi connectivity index (χ1) is 6.49. The molecule has 84 valence electrons. The number of hydrazine groups is 1. The zero-order valence-electron chi connectivity index (χ0n) is 8.38. The molecular weight excluding hydrogens is 222 g/mol. The van der Waals surface area contributed by atoms with E-state index in [-0.39, 0.29) is 0 Å². The van der Waals surface area contributed by atoms with Crippen LogP contribution in [0.2, 0.25) is 0 Å². The molecule has 0 aromatic rings. The lowest BCUT2D eigenvalue weighted by molar-refractivity contribution is 0.204. The molecule has 0 amide bonds. The molecule has 1 aliphatic rings. The van der Waals surface area contributed by atoms with Gasteiger partial charge >= 0.3 is 0 Å². The SMILES string of the molecule is CN(C[C@@H]1C[C@H](S)CN1C)N[SH](=O)=O. The highest BCUT2D eigenvalue weighted by Crippen LogP contribution is 2.19. The number of nitrogens with zero attached hydrogens (tertiary/aromatic N) is 2. The van der Waals surface area contributed by atoms with Crippen molar-refractivity contribution < 1.29 is 8.42 Å². The average molecular weight is 239 g/mol. The van der Waals surface area contributed by atoms with Crippen LogP contribution in [0, 0.1) is 0 Å². The highest BCUT2D eigenvalue weighted by molar-refractivity contribution is 7.81. The van der Waals surface area contributed by atoms with Crippen molar-refractivity contribution in [1.82, 2.24) is 14.7 Å². The highest BCUT2D eigenvalue weighted by atomic mass is 32.2. The number of nitrogens with one attached hydrogen (secondary N) is 1. The summed E-state index contributed by atoms with van der Waals surface area (Å²) in [4.78, 5) is 4.54. The summed E-state index contributed by atoms with van der Waals surface area (Å²) in [5.74, 6) is 0. The zero-order valence-corrected chi connectivity index (χ0v) is 10.2. The average Bonchev–Trinajstić information content (AvgIpc) is 2.28. The lowest BCUT2D eigenvalue weighted by Gasteiger charge is -2.24. The topological polar surface area (TPSA) is 52.6 Å². The smallest absolute Gasteiger partial charge is 0.214 e. The van der Waals surface area contributed by atoms with Crippen LogP contribution in [0.15, 0.2) is 0 Å². The summed E-state index contributed by atoms with van der Waals surface area (Å²) >= 11 is 4.40. The molecule has 5 nitrogen and oxygen atoms in total. The third-order valence-corrected chi connectivity index (χ3v) is 3.28. The van der Waals surface area contributed by atoms with E-state index >= 15 is 0 Å². The first-order valence-corrected chi connectivity index (χ1v) is 6.18. The van der Waals surface area contributed by atoms with Gasteiger partial charge in [0.2, 0.25) is 10.9 Å². The molecule has 14 heavy (non-hydrogen) atoms. The Morgan fingerprint density at radius 1 is 1.64 bits per heavy atom. The van der Waals surface area contributed by atoms with Gasteiger partial charge in [-0.3, -0.25) is 0 Å². The van der Waals surface area contributed by atoms with Gasteiger partial charge in [0.05, 0.1) is 0 Å². The summed E-state index contributed by atoms with van der Waals surface area (Å²) in [6.07, 6.45) is 1.00. The van der Waals surface area contributed by atoms with Gasteiger partial charge in [0.25, 0.3) is 0 Å². The number of rotatable bonds is 4. The number of likely N-dealkylation sites (tertiary alicyclic amines) is 1. The van der Waals surface area contributed by atoms with Gasteiger partial charge in [-0.1, -0.05) is 0 Å². The second-order valence-corrected chi connectivity index (χ2v) is 5.17. The molecule has 1 heterocycles. The number of hydrogen-bond acceptors (Lipinski definition) is 5. The Balaban J connectivity index is 2.36. The van der Waals surface area contributed by atoms with Crippen LogP contribution in [0.5, 0.6) is 0 Å². The second-order valence-electron chi connectivity index (χ2n) is 3.72. The first-order valence-electron chi connectivity index (χ1n) is 4.49. The van der Waals surface area contributed by atoms with E-state index in [2.05, 4.69) is 22.4 Å². The van der Waals surface area contributed by atoms with Crippen molar-refractivity contribution in [2.24, 2.45) is 0 Å². The van der Waals surface area contributed by atoms with Crippen LogP contribution in [0.1, 0.15) is 6.42 Å². The molecule has 0 bridgehead atoms. The van der Waals surface area contributed by atoms with E-state index < -0.39 is 10.9 Å². The van der Waals surface area contributed by atoms with Gasteiger partial charge < -0.3 is 4.90 Å². The van der Waals surface area contributed by atoms with Crippen LogP contribution in [0.25, 0.3) is 0 Å². The summed E-state index contributed by atoms with van der Waals surface area (Å²) in [5, 5.41) is 2.00. The molecule has 0 saturated carbocycles.